The summed E-state index contributed by atoms with van der Waals surface area (Å²) in [6, 6.07) is 1.80. The number of nitrogens with zero attached hydrogens (tertiary/aromatic N) is 1. The van der Waals surface area contributed by atoms with Gasteiger partial charge in [0.1, 0.15) is 12.5 Å². The summed E-state index contributed by atoms with van der Waals surface area (Å²) >= 11 is 0. The predicted octanol–water partition coefficient (Wildman–Crippen LogP) is 2.90. The third-order valence-corrected chi connectivity index (χ3v) is 2.06. The molecule has 15 heavy (non-hydrogen) atoms. The fourth-order valence-corrected chi connectivity index (χ4v) is 1.29. The molecule has 0 amide bonds. The van der Waals surface area contributed by atoms with Crippen LogP contribution >= 0.6 is 0 Å². The van der Waals surface area contributed by atoms with Gasteiger partial charge in [-0.25, -0.2) is 0 Å². The second-order valence-corrected chi connectivity index (χ2v) is 5.37. The lowest BCUT2D eigenvalue weighted by atomic mass is 9.85. The quantitative estimate of drug-likeness (QED) is 0.672. The molecule has 0 saturated heterocycles. The molecule has 0 rings (SSSR count). The summed E-state index contributed by atoms with van der Waals surface area (Å²) in [7, 11) is 0. The first kappa shape index (κ1) is 14.0. The van der Waals surface area contributed by atoms with Gasteiger partial charge in [-0.2, -0.15) is 5.26 Å². The van der Waals surface area contributed by atoms with Crippen molar-refractivity contribution in [1.29, 1.82) is 5.26 Å². The summed E-state index contributed by atoms with van der Waals surface area (Å²) in [4.78, 5) is 11.2. The molecule has 0 bridgehead atoms. The van der Waals surface area contributed by atoms with Crippen molar-refractivity contribution < 1.29 is 9.53 Å². The van der Waals surface area contributed by atoms with Gasteiger partial charge in [0.05, 0.1) is 6.07 Å². The van der Waals surface area contributed by atoms with E-state index < -0.39 is 5.97 Å². The second-order valence-electron chi connectivity index (χ2n) is 5.37. The third kappa shape index (κ3) is 6.96. The van der Waals surface area contributed by atoms with E-state index in [2.05, 4.69) is 20.8 Å². The Morgan fingerprint density at radius 3 is 2.27 bits per heavy atom. The van der Waals surface area contributed by atoms with E-state index in [-0.39, 0.29) is 23.9 Å². The molecule has 0 spiro atoms. The zero-order chi connectivity index (χ0) is 12.1. The van der Waals surface area contributed by atoms with E-state index in [1.165, 1.54) is 0 Å². The largest absolute Gasteiger partial charge is 0.461 e. The van der Waals surface area contributed by atoms with Crippen LogP contribution in [0.4, 0.5) is 0 Å². The maximum Gasteiger partial charge on any atom is 0.320 e. The van der Waals surface area contributed by atoms with Gasteiger partial charge in [-0.15, -0.1) is 0 Å². The number of carbonyl (C=O) groups is 1. The number of carbonyl (C=O) groups excluding carboxylic acids is 1. The minimum atomic E-state index is -0.416. The molecule has 0 aliphatic carbocycles. The third-order valence-electron chi connectivity index (χ3n) is 2.06. The van der Waals surface area contributed by atoms with Gasteiger partial charge in [-0.1, -0.05) is 34.6 Å². The van der Waals surface area contributed by atoms with Crippen molar-refractivity contribution in [3.05, 3.63) is 0 Å². The molecule has 1 atom stereocenters. The molecule has 3 heteroatoms. The number of esters is 1. The van der Waals surface area contributed by atoms with Crippen LogP contribution in [0.15, 0.2) is 0 Å². The van der Waals surface area contributed by atoms with E-state index in [0.29, 0.717) is 0 Å². The van der Waals surface area contributed by atoms with Crippen molar-refractivity contribution in [2.45, 2.75) is 53.6 Å². The molecule has 0 fully saturated rings. The highest BCUT2D eigenvalue weighted by Crippen LogP contribution is 2.26. The Morgan fingerprint density at radius 1 is 1.40 bits per heavy atom. The topological polar surface area (TPSA) is 50.1 Å². The normalized spacial score (nSPS) is 13.4. The number of ether oxygens (including phenoxy) is 1. The smallest absolute Gasteiger partial charge is 0.320 e. The van der Waals surface area contributed by atoms with E-state index in [4.69, 9.17) is 10.00 Å². The Labute approximate surface area is 92.4 Å². The van der Waals surface area contributed by atoms with Gasteiger partial charge in [0, 0.05) is 0 Å². The first-order valence-corrected chi connectivity index (χ1v) is 5.32. The molecule has 0 saturated carbocycles. The second kappa shape index (κ2) is 5.75. The standard InChI is InChI=1S/C12H21NO2/c1-9(2)10(8-12(3,4)5)15-11(14)6-7-13/h9-10H,6,8H2,1-5H3. The van der Waals surface area contributed by atoms with Crippen molar-refractivity contribution in [2.75, 3.05) is 0 Å². The van der Waals surface area contributed by atoms with Crippen LogP contribution in [0.1, 0.15) is 47.5 Å². The SMILES string of the molecule is CC(C)C(CC(C)(C)C)OC(=O)CC#N. The van der Waals surface area contributed by atoms with Crippen LogP contribution in [0.25, 0.3) is 0 Å². The van der Waals surface area contributed by atoms with E-state index in [1.807, 2.05) is 13.8 Å². The molecular formula is C12H21NO2. The van der Waals surface area contributed by atoms with Crippen molar-refractivity contribution in [1.82, 2.24) is 0 Å². The summed E-state index contributed by atoms with van der Waals surface area (Å²) in [6.45, 7) is 10.4. The van der Waals surface area contributed by atoms with Crippen LogP contribution in [0.2, 0.25) is 0 Å². The molecule has 0 radical (unpaired) electrons. The van der Waals surface area contributed by atoms with E-state index >= 15 is 0 Å². The van der Waals surface area contributed by atoms with Gasteiger partial charge < -0.3 is 4.74 Å². The van der Waals surface area contributed by atoms with E-state index in [9.17, 15) is 4.79 Å². The van der Waals surface area contributed by atoms with Gasteiger partial charge in [-0.3, -0.25) is 4.79 Å². The molecule has 1 unspecified atom stereocenters. The Kier molecular flexibility index (Phi) is 5.35. The average Bonchev–Trinajstić information content (AvgIpc) is 2.00. The van der Waals surface area contributed by atoms with Crippen molar-refractivity contribution in [3.8, 4) is 6.07 Å². The van der Waals surface area contributed by atoms with Gasteiger partial charge in [0.25, 0.3) is 0 Å². The number of nitriles is 1. The minimum absolute atomic E-state index is 0.0918. The first-order chi connectivity index (χ1) is 6.76. The molecule has 0 aromatic carbocycles. The van der Waals surface area contributed by atoms with Crippen LogP contribution in [-0.4, -0.2) is 12.1 Å². The van der Waals surface area contributed by atoms with Crippen molar-refractivity contribution in [2.24, 2.45) is 11.3 Å². The van der Waals surface area contributed by atoms with Crippen LogP contribution in [0.3, 0.4) is 0 Å². The lowest BCUT2D eigenvalue weighted by Crippen LogP contribution is -2.28. The molecule has 0 aliphatic rings. The van der Waals surface area contributed by atoms with E-state index in [0.717, 1.165) is 6.42 Å². The summed E-state index contributed by atoms with van der Waals surface area (Å²) in [6.07, 6.45) is 0.570. The van der Waals surface area contributed by atoms with Crippen LogP contribution in [0.5, 0.6) is 0 Å². The van der Waals surface area contributed by atoms with E-state index in [1.54, 1.807) is 6.07 Å². The Morgan fingerprint density at radius 2 is 1.93 bits per heavy atom. The Hall–Kier alpha value is -1.04. The summed E-state index contributed by atoms with van der Waals surface area (Å²) in [5.74, 6) is -0.132. The summed E-state index contributed by atoms with van der Waals surface area (Å²) < 4.78 is 5.27. The fourth-order valence-electron chi connectivity index (χ4n) is 1.29. The Bertz CT molecular complexity index is 245. The maximum atomic E-state index is 11.2. The lowest BCUT2D eigenvalue weighted by molar-refractivity contribution is -0.151. The highest BCUT2D eigenvalue weighted by atomic mass is 16.5. The number of hydrogen-bond acceptors (Lipinski definition) is 3. The highest BCUT2D eigenvalue weighted by molar-refractivity contribution is 5.71. The van der Waals surface area contributed by atoms with Crippen molar-refractivity contribution >= 4 is 5.97 Å². The van der Waals surface area contributed by atoms with Crippen molar-refractivity contribution in [3.63, 3.8) is 0 Å². The van der Waals surface area contributed by atoms with Gasteiger partial charge in [0.15, 0.2) is 0 Å². The molecule has 0 heterocycles. The molecule has 0 aliphatic heterocycles. The zero-order valence-corrected chi connectivity index (χ0v) is 10.3. The zero-order valence-electron chi connectivity index (χ0n) is 10.3. The molecule has 0 aromatic rings. The first-order valence-electron chi connectivity index (χ1n) is 5.32. The molecule has 0 aromatic heterocycles. The number of rotatable bonds is 4. The van der Waals surface area contributed by atoms with Crippen LogP contribution in [-0.2, 0) is 9.53 Å². The molecular weight excluding hydrogens is 190 g/mol. The van der Waals surface area contributed by atoms with Crippen LogP contribution < -0.4 is 0 Å². The highest BCUT2D eigenvalue weighted by Gasteiger charge is 2.24. The van der Waals surface area contributed by atoms with Gasteiger partial charge in [-0.05, 0) is 17.8 Å². The summed E-state index contributed by atoms with van der Waals surface area (Å²) in [5.41, 5.74) is 0.127. The molecule has 3 nitrogen and oxygen atoms in total. The predicted molar refractivity (Wildman–Crippen MR) is 59.0 cm³/mol. The van der Waals surface area contributed by atoms with Gasteiger partial charge in [0.2, 0.25) is 0 Å². The lowest BCUT2D eigenvalue weighted by Gasteiger charge is -2.28. The molecule has 0 N–H and O–H groups in total. The van der Waals surface area contributed by atoms with Crippen LogP contribution in [0, 0.1) is 22.7 Å². The number of hydrogen-bond donors (Lipinski definition) is 0. The summed E-state index contributed by atoms with van der Waals surface area (Å²) in [5, 5.41) is 8.37. The fraction of sp³-hybridized carbons (Fsp3) is 0.833. The minimum Gasteiger partial charge on any atom is -0.461 e. The Balaban J connectivity index is 4.30. The average molecular weight is 211 g/mol. The molecule has 86 valence electrons. The maximum absolute atomic E-state index is 11.2. The monoisotopic (exact) mass is 211 g/mol. The van der Waals surface area contributed by atoms with Gasteiger partial charge >= 0.3 is 5.97 Å².